The van der Waals surface area contributed by atoms with E-state index in [0.717, 1.165) is 5.75 Å². The van der Waals surface area contributed by atoms with E-state index >= 15 is 0 Å². The van der Waals surface area contributed by atoms with Crippen molar-refractivity contribution in [2.75, 3.05) is 11.2 Å². The van der Waals surface area contributed by atoms with Gasteiger partial charge in [0, 0.05) is 18.1 Å². The number of hydrogen-bond acceptors (Lipinski definition) is 7. The lowest BCUT2D eigenvalue weighted by Crippen LogP contribution is -2.14. The van der Waals surface area contributed by atoms with Crippen molar-refractivity contribution in [1.82, 2.24) is 24.5 Å². The molecule has 0 saturated heterocycles. The Morgan fingerprint density at radius 3 is 2.83 bits per heavy atom. The molecule has 0 unspecified atom stereocenters. The summed E-state index contributed by atoms with van der Waals surface area (Å²) in [6, 6.07) is 0. The zero-order valence-electron chi connectivity index (χ0n) is 10.2. The second-order valence-corrected chi connectivity index (χ2v) is 5.05. The molecule has 0 aliphatic rings. The Morgan fingerprint density at radius 1 is 1.39 bits per heavy atom. The Balaban J connectivity index is 2.27. The summed E-state index contributed by atoms with van der Waals surface area (Å²) in [5.74, 6) is 7.72. The molecule has 7 nitrogen and oxygen atoms in total. The van der Waals surface area contributed by atoms with Gasteiger partial charge in [-0.15, -0.1) is 0 Å². The fourth-order valence-electron chi connectivity index (χ4n) is 1.21. The molecule has 0 bridgehead atoms. The van der Waals surface area contributed by atoms with Gasteiger partial charge in [-0.05, 0) is 5.92 Å². The number of imidazole rings is 1. The van der Waals surface area contributed by atoms with Gasteiger partial charge in [0.1, 0.15) is 6.33 Å². The molecule has 0 aliphatic carbocycles. The number of hydrogen-bond donors (Lipinski definition) is 2. The van der Waals surface area contributed by atoms with Crippen LogP contribution < -0.4 is 11.3 Å². The fourth-order valence-corrected chi connectivity index (χ4v) is 1.99. The number of rotatable bonds is 5. The lowest BCUT2D eigenvalue weighted by Gasteiger charge is -2.07. The first-order valence-electron chi connectivity index (χ1n) is 5.53. The SMILES string of the molecule is CC(C)CSc1nc(NN)nc(-n2ccnc2)n1. The highest BCUT2D eigenvalue weighted by atomic mass is 32.2. The minimum Gasteiger partial charge on any atom is -0.292 e. The number of nitrogens with two attached hydrogens (primary N) is 1. The molecule has 0 spiro atoms. The van der Waals surface area contributed by atoms with Crippen LogP contribution in [0.5, 0.6) is 0 Å². The molecular formula is C10H15N7S. The highest BCUT2D eigenvalue weighted by Gasteiger charge is 2.08. The first kappa shape index (κ1) is 12.8. The van der Waals surface area contributed by atoms with E-state index in [0.29, 0.717) is 23.0 Å². The number of thioether (sulfide) groups is 1. The predicted octanol–water partition coefficient (Wildman–Crippen LogP) is 1.09. The summed E-state index contributed by atoms with van der Waals surface area (Å²) in [6.07, 6.45) is 5.07. The second kappa shape index (κ2) is 5.78. The molecule has 3 N–H and O–H groups in total. The van der Waals surface area contributed by atoms with Crippen LogP contribution in [0.15, 0.2) is 23.9 Å². The Kier molecular flexibility index (Phi) is 4.11. The molecule has 0 saturated carbocycles. The number of aromatic nitrogens is 5. The van der Waals surface area contributed by atoms with E-state index in [1.165, 1.54) is 0 Å². The largest absolute Gasteiger partial charge is 0.292 e. The molecule has 0 atom stereocenters. The van der Waals surface area contributed by atoms with Gasteiger partial charge in [0.05, 0.1) is 0 Å². The molecule has 0 fully saturated rings. The maximum Gasteiger partial charge on any atom is 0.242 e. The molecule has 0 radical (unpaired) electrons. The van der Waals surface area contributed by atoms with E-state index in [2.05, 4.69) is 39.2 Å². The van der Waals surface area contributed by atoms with E-state index < -0.39 is 0 Å². The first-order chi connectivity index (χ1) is 8.69. The average molecular weight is 265 g/mol. The lowest BCUT2D eigenvalue weighted by molar-refractivity contribution is 0.745. The Labute approximate surface area is 109 Å². The van der Waals surface area contributed by atoms with Crippen molar-refractivity contribution < 1.29 is 0 Å². The van der Waals surface area contributed by atoms with Gasteiger partial charge < -0.3 is 0 Å². The summed E-state index contributed by atoms with van der Waals surface area (Å²) in [5, 5.41) is 0.648. The summed E-state index contributed by atoms with van der Waals surface area (Å²) in [4.78, 5) is 16.7. The van der Waals surface area contributed by atoms with Crippen LogP contribution in [0, 0.1) is 5.92 Å². The Bertz CT molecular complexity index is 497. The third kappa shape index (κ3) is 3.17. The number of nitrogens with one attached hydrogen (secondary N) is 1. The fraction of sp³-hybridized carbons (Fsp3) is 0.400. The van der Waals surface area contributed by atoms with E-state index in [1.54, 1.807) is 35.0 Å². The molecule has 2 aromatic rings. The van der Waals surface area contributed by atoms with Crippen LogP contribution in [0.4, 0.5) is 5.95 Å². The molecule has 18 heavy (non-hydrogen) atoms. The van der Waals surface area contributed by atoms with Crippen molar-refractivity contribution in [3.63, 3.8) is 0 Å². The van der Waals surface area contributed by atoms with Crippen molar-refractivity contribution in [3.05, 3.63) is 18.7 Å². The number of anilines is 1. The van der Waals surface area contributed by atoms with Gasteiger partial charge in [0.25, 0.3) is 0 Å². The monoisotopic (exact) mass is 265 g/mol. The van der Waals surface area contributed by atoms with Crippen molar-refractivity contribution >= 4 is 17.7 Å². The standard InChI is InChI=1S/C10H15N7S/c1-7(2)5-18-10-14-8(16-11)13-9(15-10)17-4-3-12-6-17/h3-4,6-7H,5,11H2,1-2H3,(H,13,14,15,16). The van der Waals surface area contributed by atoms with Crippen molar-refractivity contribution in [1.29, 1.82) is 0 Å². The van der Waals surface area contributed by atoms with Gasteiger partial charge in [0.15, 0.2) is 5.16 Å². The van der Waals surface area contributed by atoms with Crippen LogP contribution in [0.25, 0.3) is 5.95 Å². The van der Waals surface area contributed by atoms with E-state index in [1.807, 2.05) is 0 Å². The summed E-state index contributed by atoms with van der Waals surface area (Å²) in [5.41, 5.74) is 2.45. The topological polar surface area (TPSA) is 94.5 Å². The number of nitrogens with zero attached hydrogens (tertiary/aromatic N) is 5. The minimum absolute atomic E-state index is 0.347. The normalized spacial score (nSPS) is 10.9. The van der Waals surface area contributed by atoms with Gasteiger partial charge >= 0.3 is 0 Å². The van der Waals surface area contributed by atoms with Crippen LogP contribution >= 0.6 is 11.8 Å². The van der Waals surface area contributed by atoms with Crippen molar-refractivity contribution in [2.45, 2.75) is 19.0 Å². The highest BCUT2D eigenvalue weighted by Crippen LogP contribution is 2.18. The Morgan fingerprint density at radius 2 is 2.22 bits per heavy atom. The molecule has 2 rings (SSSR count). The maximum atomic E-state index is 5.36. The predicted molar refractivity (Wildman–Crippen MR) is 70.3 cm³/mol. The molecule has 0 amide bonds. The average Bonchev–Trinajstić information content (AvgIpc) is 2.89. The summed E-state index contributed by atoms with van der Waals surface area (Å²) in [6.45, 7) is 4.29. The van der Waals surface area contributed by atoms with Crippen LogP contribution in [-0.4, -0.2) is 30.3 Å². The molecule has 0 aliphatic heterocycles. The molecular weight excluding hydrogens is 250 g/mol. The summed E-state index contributed by atoms with van der Waals surface area (Å²) >= 11 is 1.58. The van der Waals surface area contributed by atoms with E-state index in [-0.39, 0.29) is 0 Å². The van der Waals surface area contributed by atoms with Gasteiger partial charge in [-0.2, -0.15) is 15.0 Å². The van der Waals surface area contributed by atoms with Crippen LogP contribution in [-0.2, 0) is 0 Å². The minimum atomic E-state index is 0.347. The van der Waals surface area contributed by atoms with Crippen molar-refractivity contribution in [3.8, 4) is 5.95 Å². The molecule has 8 heteroatoms. The van der Waals surface area contributed by atoms with E-state index in [4.69, 9.17) is 5.84 Å². The zero-order chi connectivity index (χ0) is 13.0. The van der Waals surface area contributed by atoms with Gasteiger partial charge in [-0.25, -0.2) is 10.8 Å². The van der Waals surface area contributed by atoms with Crippen molar-refractivity contribution in [2.24, 2.45) is 11.8 Å². The Hall–Kier alpha value is -1.67. The first-order valence-corrected chi connectivity index (χ1v) is 6.51. The molecule has 2 aromatic heterocycles. The van der Waals surface area contributed by atoms with Gasteiger partial charge in [0.2, 0.25) is 11.9 Å². The number of nitrogen functional groups attached to an aromatic ring is 1. The quantitative estimate of drug-likeness (QED) is 0.474. The number of hydrazine groups is 1. The lowest BCUT2D eigenvalue weighted by atomic mass is 10.3. The van der Waals surface area contributed by atoms with Gasteiger partial charge in [-0.3, -0.25) is 9.99 Å². The summed E-state index contributed by atoms with van der Waals surface area (Å²) in [7, 11) is 0. The summed E-state index contributed by atoms with van der Waals surface area (Å²) < 4.78 is 1.71. The van der Waals surface area contributed by atoms with Crippen LogP contribution in [0.2, 0.25) is 0 Å². The highest BCUT2D eigenvalue weighted by molar-refractivity contribution is 7.99. The molecule has 96 valence electrons. The second-order valence-electron chi connectivity index (χ2n) is 4.06. The van der Waals surface area contributed by atoms with Crippen LogP contribution in [0.1, 0.15) is 13.8 Å². The third-order valence-corrected chi connectivity index (χ3v) is 3.29. The zero-order valence-corrected chi connectivity index (χ0v) is 11.1. The van der Waals surface area contributed by atoms with E-state index in [9.17, 15) is 0 Å². The molecule has 0 aromatic carbocycles. The van der Waals surface area contributed by atoms with Gasteiger partial charge in [-0.1, -0.05) is 25.6 Å². The third-order valence-electron chi connectivity index (χ3n) is 2.01. The van der Waals surface area contributed by atoms with Crippen LogP contribution in [0.3, 0.4) is 0 Å². The smallest absolute Gasteiger partial charge is 0.242 e. The maximum absolute atomic E-state index is 5.36. The molecule has 2 heterocycles.